The van der Waals surface area contributed by atoms with E-state index in [1.165, 1.54) is 0 Å². The van der Waals surface area contributed by atoms with Crippen LogP contribution < -0.4 is 11.3 Å². The van der Waals surface area contributed by atoms with Crippen LogP contribution in [0.3, 0.4) is 0 Å². The molecule has 0 aliphatic carbocycles. The molecular formula is C13H26N4O3. The number of carbonyl (C=O) groups excluding carboxylic acids is 2. The number of hydrazine groups is 1. The first kappa shape index (κ1) is 16.7. The van der Waals surface area contributed by atoms with Gasteiger partial charge in [-0.1, -0.05) is 6.42 Å². The van der Waals surface area contributed by atoms with Gasteiger partial charge in [0, 0.05) is 32.6 Å². The second kappa shape index (κ2) is 9.55. The zero-order valence-corrected chi connectivity index (χ0v) is 12.3. The molecule has 2 amide bonds. The smallest absolute Gasteiger partial charge is 0.409 e. The number of hydrogen-bond acceptors (Lipinski definition) is 5. The summed E-state index contributed by atoms with van der Waals surface area (Å²) in [5.74, 6) is 4.91. The number of unbranched alkanes of at least 4 members (excludes halogenated alkanes) is 2. The van der Waals surface area contributed by atoms with E-state index in [9.17, 15) is 9.59 Å². The SMILES string of the molecule is CCOC(=O)N1CCN(CCCCCC(=O)NN)CC1. The van der Waals surface area contributed by atoms with Crippen molar-refractivity contribution in [2.45, 2.75) is 32.6 Å². The van der Waals surface area contributed by atoms with Crippen LogP contribution in [0.1, 0.15) is 32.6 Å². The van der Waals surface area contributed by atoms with Crippen molar-refractivity contribution in [1.29, 1.82) is 0 Å². The molecular weight excluding hydrogens is 260 g/mol. The predicted octanol–water partition coefficient (Wildman–Crippen LogP) is 0.311. The van der Waals surface area contributed by atoms with Gasteiger partial charge in [-0.05, 0) is 26.3 Å². The third kappa shape index (κ3) is 6.21. The molecule has 7 nitrogen and oxygen atoms in total. The van der Waals surface area contributed by atoms with Crippen LogP contribution in [0.25, 0.3) is 0 Å². The highest BCUT2D eigenvalue weighted by Gasteiger charge is 2.21. The Morgan fingerprint density at radius 2 is 1.85 bits per heavy atom. The summed E-state index contributed by atoms with van der Waals surface area (Å²) < 4.78 is 4.98. The zero-order valence-electron chi connectivity index (χ0n) is 12.3. The maximum atomic E-state index is 11.5. The number of piperazine rings is 1. The van der Waals surface area contributed by atoms with Crippen molar-refractivity contribution < 1.29 is 14.3 Å². The highest BCUT2D eigenvalue weighted by atomic mass is 16.6. The first-order valence-corrected chi connectivity index (χ1v) is 7.31. The lowest BCUT2D eigenvalue weighted by molar-refractivity contribution is -0.121. The summed E-state index contributed by atoms with van der Waals surface area (Å²) in [6.45, 7) is 6.50. The molecule has 1 saturated heterocycles. The molecule has 0 aromatic carbocycles. The maximum Gasteiger partial charge on any atom is 0.409 e. The molecule has 0 unspecified atom stereocenters. The van der Waals surface area contributed by atoms with Crippen LogP contribution in [0, 0.1) is 0 Å². The summed E-state index contributed by atoms with van der Waals surface area (Å²) in [6.07, 6.45) is 3.24. The summed E-state index contributed by atoms with van der Waals surface area (Å²) in [6, 6.07) is 0. The van der Waals surface area contributed by atoms with Crippen molar-refractivity contribution in [2.24, 2.45) is 5.84 Å². The van der Waals surface area contributed by atoms with Crippen molar-refractivity contribution >= 4 is 12.0 Å². The summed E-state index contributed by atoms with van der Waals surface area (Å²) in [5, 5.41) is 0. The topological polar surface area (TPSA) is 87.9 Å². The van der Waals surface area contributed by atoms with Crippen LogP contribution >= 0.6 is 0 Å². The summed E-state index contributed by atoms with van der Waals surface area (Å²) in [5.41, 5.74) is 2.13. The predicted molar refractivity (Wildman–Crippen MR) is 75.8 cm³/mol. The maximum absolute atomic E-state index is 11.5. The number of nitrogens with one attached hydrogen (secondary N) is 1. The molecule has 0 saturated carbocycles. The van der Waals surface area contributed by atoms with E-state index in [1.54, 1.807) is 4.90 Å². The molecule has 0 radical (unpaired) electrons. The van der Waals surface area contributed by atoms with Crippen LogP contribution in [-0.4, -0.2) is 61.1 Å². The second-order valence-electron chi connectivity index (χ2n) is 4.91. The van der Waals surface area contributed by atoms with Gasteiger partial charge in [-0.2, -0.15) is 0 Å². The van der Waals surface area contributed by atoms with Gasteiger partial charge in [0.2, 0.25) is 5.91 Å². The Balaban J connectivity index is 2.05. The third-order valence-electron chi connectivity index (χ3n) is 3.44. The third-order valence-corrected chi connectivity index (χ3v) is 3.44. The summed E-state index contributed by atoms with van der Waals surface area (Å²) in [4.78, 5) is 26.6. The lowest BCUT2D eigenvalue weighted by Gasteiger charge is -2.33. The Bertz CT molecular complexity index is 304. The molecule has 1 heterocycles. The fourth-order valence-corrected chi connectivity index (χ4v) is 2.24. The Kier molecular flexibility index (Phi) is 7.98. The van der Waals surface area contributed by atoms with E-state index in [1.807, 2.05) is 6.92 Å². The van der Waals surface area contributed by atoms with Crippen molar-refractivity contribution in [3.63, 3.8) is 0 Å². The van der Waals surface area contributed by atoms with Gasteiger partial charge >= 0.3 is 6.09 Å². The quantitative estimate of drug-likeness (QED) is 0.304. The van der Waals surface area contributed by atoms with Gasteiger partial charge in [0.15, 0.2) is 0 Å². The largest absolute Gasteiger partial charge is 0.450 e. The molecule has 116 valence electrons. The molecule has 7 heteroatoms. The minimum absolute atomic E-state index is 0.104. The van der Waals surface area contributed by atoms with Crippen molar-refractivity contribution in [3.8, 4) is 0 Å². The average Bonchev–Trinajstić information content (AvgIpc) is 2.47. The van der Waals surface area contributed by atoms with E-state index in [-0.39, 0.29) is 12.0 Å². The highest BCUT2D eigenvalue weighted by molar-refractivity contribution is 5.75. The van der Waals surface area contributed by atoms with Crippen LogP contribution in [0.5, 0.6) is 0 Å². The molecule has 3 N–H and O–H groups in total. The average molecular weight is 286 g/mol. The molecule has 1 fully saturated rings. The number of nitrogens with zero attached hydrogens (tertiary/aromatic N) is 2. The van der Waals surface area contributed by atoms with Gasteiger partial charge in [-0.15, -0.1) is 0 Å². The van der Waals surface area contributed by atoms with Crippen molar-refractivity contribution in [2.75, 3.05) is 39.3 Å². The monoisotopic (exact) mass is 286 g/mol. The van der Waals surface area contributed by atoms with Gasteiger partial charge < -0.3 is 9.64 Å². The minimum Gasteiger partial charge on any atom is -0.450 e. The van der Waals surface area contributed by atoms with E-state index in [4.69, 9.17) is 10.6 Å². The standard InChI is InChI=1S/C13H26N4O3/c1-2-20-13(19)17-10-8-16(9-11-17)7-5-3-4-6-12(18)15-14/h2-11,14H2,1H3,(H,15,18). The number of carbonyl (C=O) groups is 2. The molecule has 1 aliphatic rings. The minimum atomic E-state index is -0.208. The van der Waals surface area contributed by atoms with E-state index >= 15 is 0 Å². The van der Waals surface area contributed by atoms with E-state index in [0.29, 0.717) is 13.0 Å². The first-order valence-electron chi connectivity index (χ1n) is 7.31. The lowest BCUT2D eigenvalue weighted by Crippen LogP contribution is -2.49. The van der Waals surface area contributed by atoms with Crippen LogP contribution in [0.15, 0.2) is 0 Å². The van der Waals surface area contributed by atoms with Gasteiger partial charge in [-0.25, -0.2) is 10.6 Å². The first-order chi connectivity index (χ1) is 9.67. The number of hydrogen-bond donors (Lipinski definition) is 2. The molecule has 1 aliphatic heterocycles. The fourth-order valence-electron chi connectivity index (χ4n) is 2.24. The Labute approximate surface area is 120 Å². The fraction of sp³-hybridized carbons (Fsp3) is 0.846. The Morgan fingerprint density at radius 1 is 1.15 bits per heavy atom. The molecule has 20 heavy (non-hydrogen) atoms. The molecule has 0 spiro atoms. The number of amides is 2. The van der Waals surface area contributed by atoms with Gasteiger partial charge in [0.05, 0.1) is 6.61 Å². The molecule has 0 bridgehead atoms. The van der Waals surface area contributed by atoms with Gasteiger partial charge in [-0.3, -0.25) is 15.1 Å². The Hall–Kier alpha value is -1.34. The zero-order chi connectivity index (χ0) is 14.8. The van der Waals surface area contributed by atoms with Crippen molar-refractivity contribution in [1.82, 2.24) is 15.2 Å². The Morgan fingerprint density at radius 3 is 2.45 bits per heavy atom. The normalized spacial score (nSPS) is 16.0. The van der Waals surface area contributed by atoms with E-state index in [2.05, 4.69) is 10.3 Å². The molecule has 0 atom stereocenters. The molecule has 0 aromatic rings. The molecule has 0 aromatic heterocycles. The summed E-state index contributed by atoms with van der Waals surface area (Å²) in [7, 11) is 0. The van der Waals surface area contributed by atoms with E-state index < -0.39 is 0 Å². The van der Waals surface area contributed by atoms with E-state index in [0.717, 1.165) is 52.0 Å². The van der Waals surface area contributed by atoms with Gasteiger partial charge in [0.25, 0.3) is 0 Å². The number of nitrogens with two attached hydrogens (primary N) is 1. The van der Waals surface area contributed by atoms with Crippen LogP contribution in [0.2, 0.25) is 0 Å². The highest BCUT2D eigenvalue weighted by Crippen LogP contribution is 2.07. The molecule has 1 rings (SSSR count). The lowest BCUT2D eigenvalue weighted by atomic mass is 10.1. The summed E-state index contributed by atoms with van der Waals surface area (Å²) >= 11 is 0. The second-order valence-corrected chi connectivity index (χ2v) is 4.91. The van der Waals surface area contributed by atoms with Gasteiger partial charge in [0.1, 0.15) is 0 Å². The number of ether oxygens (including phenoxy) is 1. The van der Waals surface area contributed by atoms with Crippen molar-refractivity contribution in [3.05, 3.63) is 0 Å². The van der Waals surface area contributed by atoms with Crippen LogP contribution in [0.4, 0.5) is 4.79 Å². The number of rotatable bonds is 7. The van der Waals surface area contributed by atoms with Crippen LogP contribution in [-0.2, 0) is 9.53 Å².